The lowest BCUT2D eigenvalue weighted by molar-refractivity contribution is 0.1000. The van der Waals surface area contributed by atoms with Gasteiger partial charge in [-0.3, -0.25) is 4.79 Å². The fraction of sp³-hybridized carbons (Fsp3) is 0.350. The monoisotopic (exact) mass is 342 g/mol. The molecule has 0 spiro atoms. The zero-order chi connectivity index (χ0) is 16.9. The molecule has 3 rings (SSSR count). The molecule has 0 unspecified atom stereocenters. The fourth-order valence-electron chi connectivity index (χ4n) is 3.58. The minimum atomic E-state index is -0.387. The topological polar surface area (TPSA) is 55.1 Å². The number of halogens is 1. The summed E-state index contributed by atoms with van der Waals surface area (Å²) in [5, 5.41) is 4.45. The molecule has 0 saturated heterocycles. The first kappa shape index (κ1) is 17.0. The maximum absolute atomic E-state index is 11.3. The van der Waals surface area contributed by atoms with Crippen molar-refractivity contribution in [3.05, 3.63) is 70.2 Å². The van der Waals surface area contributed by atoms with E-state index in [9.17, 15) is 4.79 Å². The summed E-state index contributed by atoms with van der Waals surface area (Å²) in [5.41, 5.74) is 8.27. The van der Waals surface area contributed by atoms with Crippen LogP contribution in [-0.4, -0.2) is 5.91 Å². The van der Waals surface area contributed by atoms with Crippen LogP contribution in [-0.2, 0) is 6.54 Å². The smallest absolute Gasteiger partial charge is 0.248 e. The van der Waals surface area contributed by atoms with Crippen LogP contribution >= 0.6 is 11.6 Å². The predicted molar refractivity (Wildman–Crippen MR) is 98.0 cm³/mol. The molecule has 24 heavy (non-hydrogen) atoms. The molecule has 4 heteroatoms. The summed E-state index contributed by atoms with van der Waals surface area (Å²) in [4.78, 5) is 11.3. The Morgan fingerprint density at radius 2 is 1.88 bits per heavy atom. The summed E-state index contributed by atoms with van der Waals surface area (Å²) in [7, 11) is 0. The van der Waals surface area contributed by atoms with E-state index in [4.69, 9.17) is 17.3 Å². The van der Waals surface area contributed by atoms with Crippen molar-refractivity contribution in [1.82, 2.24) is 5.32 Å². The van der Waals surface area contributed by atoms with E-state index in [1.807, 2.05) is 30.3 Å². The van der Waals surface area contributed by atoms with E-state index in [0.717, 1.165) is 10.6 Å². The van der Waals surface area contributed by atoms with Crippen molar-refractivity contribution in [2.75, 3.05) is 0 Å². The first-order chi connectivity index (χ1) is 11.6. The third-order valence-electron chi connectivity index (χ3n) is 4.84. The number of carbonyl (C=O) groups is 1. The quantitative estimate of drug-likeness (QED) is 0.814. The average Bonchev–Trinajstić information content (AvgIpc) is 3.11. The number of primary amides is 1. The lowest BCUT2D eigenvalue weighted by Crippen LogP contribution is -2.27. The summed E-state index contributed by atoms with van der Waals surface area (Å²) < 4.78 is 0. The Hall–Kier alpha value is -1.84. The molecule has 1 atom stereocenters. The van der Waals surface area contributed by atoms with Gasteiger partial charge in [-0.05, 0) is 54.2 Å². The van der Waals surface area contributed by atoms with Crippen LogP contribution in [0, 0.1) is 5.92 Å². The van der Waals surface area contributed by atoms with Gasteiger partial charge in [0.25, 0.3) is 0 Å². The van der Waals surface area contributed by atoms with Crippen molar-refractivity contribution in [2.24, 2.45) is 11.7 Å². The molecule has 0 radical (unpaired) electrons. The molecule has 0 aromatic heterocycles. The van der Waals surface area contributed by atoms with Crippen LogP contribution in [0.25, 0.3) is 0 Å². The highest BCUT2D eigenvalue weighted by Crippen LogP contribution is 2.36. The van der Waals surface area contributed by atoms with Crippen LogP contribution in [0.15, 0.2) is 48.5 Å². The van der Waals surface area contributed by atoms with Crippen molar-refractivity contribution in [1.29, 1.82) is 0 Å². The van der Waals surface area contributed by atoms with Gasteiger partial charge in [-0.25, -0.2) is 0 Å². The standard InChI is InChI=1S/C20H23ClN2O/c21-18-10-8-16(9-11-18)19(15-5-1-2-6-15)23-13-14-4-3-7-17(12-14)20(22)24/h3-4,7-12,15,19,23H,1-2,5-6,13H2,(H2,22,24)/t19-/m0/s1. The van der Waals surface area contributed by atoms with Crippen LogP contribution in [0.2, 0.25) is 5.02 Å². The Morgan fingerprint density at radius 3 is 2.54 bits per heavy atom. The third kappa shape index (κ3) is 4.16. The van der Waals surface area contributed by atoms with E-state index in [-0.39, 0.29) is 5.91 Å². The molecule has 1 fully saturated rings. The summed E-state index contributed by atoms with van der Waals surface area (Å²) >= 11 is 6.03. The molecule has 2 aromatic rings. The van der Waals surface area contributed by atoms with Gasteiger partial charge in [-0.1, -0.05) is 48.7 Å². The molecule has 1 aliphatic carbocycles. The number of amides is 1. The van der Waals surface area contributed by atoms with Gasteiger partial charge in [-0.15, -0.1) is 0 Å². The molecule has 1 saturated carbocycles. The van der Waals surface area contributed by atoms with Gasteiger partial charge in [0.05, 0.1) is 0 Å². The number of hydrogen-bond acceptors (Lipinski definition) is 2. The molecule has 0 bridgehead atoms. The zero-order valence-corrected chi connectivity index (χ0v) is 14.4. The SMILES string of the molecule is NC(=O)c1cccc(CN[C@H](c2ccc(Cl)cc2)C2CCCC2)c1. The van der Waals surface area contributed by atoms with E-state index >= 15 is 0 Å². The zero-order valence-electron chi connectivity index (χ0n) is 13.7. The second-order valence-corrected chi connectivity index (χ2v) is 6.96. The molecule has 1 aliphatic rings. The molecular formula is C20H23ClN2O. The molecule has 0 heterocycles. The average molecular weight is 343 g/mol. The Labute approximate surface area is 148 Å². The normalized spacial score (nSPS) is 16.2. The summed E-state index contributed by atoms with van der Waals surface area (Å²) in [6.07, 6.45) is 5.10. The lowest BCUT2D eigenvalue weighted by Gasteiger charge is -2.25. The van der Waals surface area contributed by atoms with E-state index in [2.05, 4.69) is 17.4 Å². The van der Waals surface area contributed by atoms with Gasteiger partial charge < -0.3 is 11.1 Å². The van der Waals surface area contributed by atoms with Crippen molar-refractivity contribution in [3.8, 4) is 0 Å². The minimum absolute atomic E-state index is 0.307. The number of benzene rings is 2. The Morgan fingerprint density at radius 1 is 1.17 bits per heavy atom. The number of carbonyl (C=O) groups excluding carboxylic acids is 1. The maximum Gasteiger partial charge on any atom is 0.248 e. The molecule has 3 N–H and O–H groups in total. The lowest BCUT2D eigenvalue weighted by atomic mass is 9.91. The second-order valence-electron chi connectivity index (χ2n) is 6.52. The van der Waals surface area contributed by atoms with Crippen molar-refractivity contribution in [3.63, 3.8) is 0 Å². The molecule has 0 aliphatic heterocycles. The van der Waals surface area contributed by atoms with Crippen molar-refractivity contribution >= 4 is 17.5 Å². The molecular weight excluding hydrogens is 320 g/mol. The van der Waals surface area contributed by atoms with E-state index < -0.39 is 0 Å². The van der Waals surface area contributed by atoms with Crippen LogP contribution in [0.1, 0.15) is 53.2 Å². The molecule has 2 aromatic carbocycles. The molecule has 3 nitrogen and oxygen atoms in total. The summed E-state index contributed by atoms with van der Waals surface area (Å²) in [6, 6.07) is 15.9. The number of nitrogens with two attached hydrogens (primary N) is 1. The molecule has 1 amide bonds. The van der Waals surface area contributed by atoms with E-state index in [0.29, 0.717) is 24.1 Å². The third-order valence-corrected chi connectivity index (χ3v) is 5.09. The van der Waals surface area contributed by atoms with Gasteiger partial charge >= 0.3 is 0 Å². The fourth-order valence-corrected chi connectivity index (χ4v) is 3.71. The van der Waals surface area contributed by atoms with Gasteiger partial charge in [0.1, 0.15) is 0 Å². The van der Waals surface area contributed by atoms with Crippen LogP contribution in [0.3, 0.4) is 0 Å². The van der Waals surface area contributed by atoms with Gasteiger partial charge in [0.15, 0.2) is 0 Å². The van der Waals surface area contributed by atoms with Crippen LogP contribution in [0.4, 0.5) is 0 Å². The highest BCUT2D eigenvalue weighted by molar-refractivity contribution is 6.30. The van der Waals surface area contributed by atoms with Crippen molar-refractivity contribution in [2.45, 2.75) is 38.3 Å². The predicted octanol–water partition coefficient (Wildman–Crippen LogP) is 4.46. The van der Waals surface area contributed by atoms with Gasteiger partial charge in [-0.2, -0.15) is 0 Å². The van der Waals surface area contributed by atoms with E-state index in [1.165, 1.54) is 31.2 Å². The number of hydrogen-bond donors (Lipinski definition) is 2. The van der Waals surface area contributed by atoms with E-state index in [1.54, 1.807) is 6.07 Å². The Kier molecular flexibility index (Phi) is 5.54. The van der Waals surface area contributed by atoms with Gasteiger partial charge in [0, 0.05) is 23.2 Å². The largest absolute Gasteiger partial charge is 0.366 e. The Bertz CT molecular complexity index is 693. The summed E-state index contributed by atoms with van der Waals surface area (Å²) in [6.45, 7) is 0.713. The van der Waals surface area contributed by atoms with Crippen LogP contribution in [0.5, 0.6) is 0 Å². The highest BCUT2D eigenvalue weighted by atomic mass is 35.5. The minimum Gasteiger partial charge on any atom is -0.366 e. The number of nitrogens with one attached hydrogen (secondary N) is 1. The first-order valence-electron chi connectivity index (χ1n) is 8.51. The van der Waals surface area contributed by atoms with Crippen molar-refractivity contribution < 1.29 is 4.79 Å². The maximum atomic E-state index is 11.3. The highest BCUT2D eigenvalue weighted by Gasteiger charge is 2.26. The molecule has 126 valence electrons. The summed E-state index contributed by atoms with van der Waals surface area (Å²) in [5.74, 6) is 0.257. The Balaban J connectivity index is 1.75. The van der Waals surface area contributed by atoms with Crippen LogP contribution < -0.4 is 11.1 Å². The first-order valence-corrected chi connectivity index (χ1v) is 8.89. The number of rotatable bonds is 6. The van der Waals surface area contributed by atoms with Gasteiger partial charge in [0.2, 0.25) is 5.91 Å². The second kappa shape index (κ2) is 7.82.